The summed E-state index contributed by atoms with van der Waals surface area (Å²) in [6.07, 6.45) is -4.37. The number of aromatic nitrogens is 1. The standard InChI is InChI=1S/C12H11F3N2O/c1-7-11(17-10(6-16)18-7)8-3-2-4-9(5-8)12(13,14)15/h2-5H,6,16H2,1H3. The maximum atomic E-state index is 12.6. The first-order valence-corrected chi connectivity index (χ1v) is 5.26. The van der Waals surface area contributed by atoms with Crippen molar-refractivity contribution in [2.24, 2.45) is 5.73 Å². The average molecular weight is 256 g/mol. The molecule has 3 nitrogen and oxygen atoms in total. The first-order chi connectivity index (χ1) is 8.41. The van der Waals surface area contributed by atoms with E-state index in [4.69, 9.17) is 10.2 Å². The molecule has 1 heterocycles. The minimum absolute atomic E-state index is 0.111. The lowest BCUT2D eigenvalue weighted by Crippen LogP contribution is -2.04. The number of nitrogens with zero attached hydrogens (tertiary/aromatic N) is 1. The van der Waals surface area contributed by atoms with Crippen molar-refractivity contribution in [3.63, 3.8) is 0 Å². The molecule has 0 spiro atoms. The number of rotatable bonds is 2. The van der Waals surface area contributed by atoms with Gasteiger partial charge in [-0.05, 0) is 19.1 Å². The van der Waals surface area contributed by atoms with E-state index < -0.39 is 11.7 Å². The zero-order valence-corrected chi connectivity index (χ0v) is 9.58. The summed E-state index contributed by atoms with van der Waals surface area (Å²) >= 11 is 0. The van der Waals surface area contributed by atoms with Crippen LogP contribution in [0.1, 0.15) is 17.2 Å². The molecule has 2 N–H and O–H groups in total. The molecule has 0 unspecified atom stereocenters. The van der Waals surface area contributed by atoms with Crippen LogP contribution in [-0.2, 0) is 12.7 Å². The van der Waals surface area contributed by atoms with Gasteiger partial charge in [0.05, 0.1) is 12.1 Å². The van der Waals surface area contributed by atoms with Crippen molar-refractivity contribution in [1.29, 1.82) is 0 Å². The second-order valence-electron chi connectivity index (χ2n) is 3.80. The first kappa shape index (κ1) is 12.6. The van der Waals surface area contributed by atoms with Crippen LogP contribution in [0.5, 0.6) is 0 Å². The number of hydrogen-bond donors (Lipinski definition) is 1. The summed E-state index contributed by atoms with van der Waals surface area (Å²) in [6.45, 7) is 1.75. The van der Waals surface area contributed by atoms with Crippen LogP contribution in [0.2, 0.25) is 0 Å². The molecule has 96 valence electrons. The summed E-state index contributed by atoms with van der Waals surface area (Å²) in [6, 6.07) is 4.96. The third-order valence-corrected chi connectivity index (χ3v) is 2.48. The largest absolute Gasteiger partial charge is 0.444 e. The van der Waals surface area contributed by atoms with Gasteiger partial charge in [0.2, 0.25) is 5.89 Å². The Morgan fingerprint density at radius 2 is 2.06 bits per heavy atom. The summed E-state index contributed by atoms with van der Waals surface area (Å²) in [5, 5.41) is 0. The third kappa shape index (κ3) is 2.38. The van der Waals surface area contributed by atoms with Crippen LogP contribution in [0.25, 0.3) is 11.3 Å². The Kier molecular flexibility index (Phi) is 3.13. The predicted molar refractivity (Wildman–Crippen MR) is 59.6 cm³/mol. The molecule has 18 heavy (non-hydrogen) atoms. The Labute approximate surface area is 101 Å². The van der Waals surface area contributed by atoms with Crippen molar-refractivity contribution >= 4 is 0 Å². The molecule has 0 radical (unpaired) electrons. The van der Waals surface area contributed by atoms with Gasteiger partial charge in [0.15, 0.2) is 0 Å². The highest BCUT2D eigenvalue weighted by Crippen LogP contribution is 2.32. The number of alkyl halides is 3. The highest BCUT2D eigenvalue weighted by atomic mass is 19.4. The number of benzene rings is 1. The number of hydrogen-bond acceptors (Lipinski definition) is 3. The van der Waals surface area contributed by atoms with Gasteiger partial charge in [-0.3, -0.25) is 0 Å². The summed E-state index contributed by atoms with van der Waals surface area (Å²) in [5.74, 6) is 0.759. The maximum absolute atomic E-state index is 12.6. The van der Waals surface area contributed by atoms with Gasteiger partial charge in [-0.25, -0.2) is 4.98 Å². The fourth-order valence-corrected chi connectivity index (χ4v) is 1.65. The quantitative estimate of drug-likeness (QED) is 0.898. The molecule has 1 aromatic carbocycles. The van der Waals surface area contributed by atoms with Gasteiger partial charge in [-0.15, -0.1) is 0 Å². The van der Waals surface area contributed by atoms with Crippen LogP contribution < -0.4 is 5.73 Å². The molecular formula is C12H11F3N2O. The molecule has 0 bridgehead atoms. The predicted octanol–water partition coefficient (Wildman–Crippen LogP) is 3.13. The molecule has 6 heteroatoms. The zero-order chi connectivity index (χ0) is 13.3. The molecule has 1 aromatic heterocycles. The number of aryl methyl sites for hydroxylation is 1. The van der Waals surface area contributed by atoms with E-state index in [0.29, 0.717) is 22.9 Å². The van der Waals surface area contributed by atoms with Crippen LogP contribution >= 0.6 is 0 Å². The van der Waals surface area contributed by atoms with Crippen LogP contribution in [0, 0.1) is 6.92 Å². The van der Waals surface area contributed by atoms with E-state index in [9.17, 15) is 13.2 Å². The van der Waals surface area contributed by atoms with Gasteiger partial charge in [0.25, 0.3) is 0 Å². The normalized spacial score (nSPS) is 11.8. The van der Waals surface area contributed by atoms with E-state index in [1.54, 1.807) is 13.0 Å². The zero-order valence-electron chi connectivity index (χ0n) is 9.58. The van der Waals surface area contributed by atoms with E-state index >= 15 is 0 Å². The molecular weight excluding hydrogens is 245 g/mol. The number of halogens is 3. The van der Waals surface area contributed by atoms with E-state index in [-0.39, 0.29) is 6.54 Å². The van der Waals surface area contributed by atoms with E-state index in [2.05, 4.69) is 4.98 Å². The van der Waals surface area contributed by atoms with Gasteiger partial charge >= 0.3 is 6.18 Å². The van der Waals surface area contributed by atoms with Gasteiger partial charge in [0.1, 0.15) is 11.5 Å². The fourth-order valence-electron chi connectivity index (χ4n) is 1.65. The van der Waals surface area contributed by atoms with E-state index in [1.807, 2.05) is 0 Å². The van der Waals surface area contributed by atoms with Crippen molar-refractivity contribution in [2.75, 3.05) is 0 Å². The van der Waals surface area contributed by atoms with Crippen molar-refractivity contribution in [1.82, 2.24) is 4.98 Å². The Morgan fingerprint density at radius 3 is 2.61 bits per heavy atom. The van der Waals surface area contributed by atoms with Crippen molar-refractivity contribution in [3.05, 3.63) is 41.5 Å². The van der Waals surface area contributed by atoms with Crippen LogP contribution in [0.4, 0.5) is 13.2 Å². The lowest BCUT2D eigenvalue weighted by atomic mass is 10.1. The van der Waals surface area contributed by atoms with Gasteiger partial charge in [-0.1, -0.05) is 12.1 Å². The summed E-state index contributed by atoms with van der Waals surface area (Å²) in [5.41, 5.74) is 5.42. The lowest BCUT2D eigenvalue weighted by Gasteiger charge is -2.07. The fraction of sp³-hybridized carbons (Fsp3) is 0.250. The van der Waals surface area contributed by atoms with E-state index in [0.717, 1.165) is 12.1 Å². The minimum atomic E-state index is -4.37. The minimum Gasteiger partial charge on any atom is -0.444 e. The first-order valence-electron chi connectivity index (χ1n) is 5.26. The Morgan fingerprint density at radius 1 is 1.33 bits per heavy atom. The number of oxazole rings is 1. The molecule has 0 aliphatic carbocycles. The summed E-state index contributed by atoms with van der Waals surface area (Å²) in [4.78, 5) is 4.06. The second-order valence-corrected chi connectivity index (χ2v) is 3.80. The molecule has 0 saturated heterocycles. The van der Waals surface area contributed by atoms with Gasteiger partial charge in [0, 0.05) is 5.56 Å². The maximum Gasteiger partial charge on any atom is 0.416 e. The number of nitrogens with two attached hydrogens (primary N) is 1. The van der Waals surface area contributed by atoms with Crippen molar-refractivity contribution in [2.45, 2.75) is 19.6 Å². The molecule has 0 amide bonds. The summed E-state index contributed by atoms with van der Waals surface area (Å²) in [7, 11) is 0. The molecule has 0 fully saturated rings. The SMILES string of the molecule is Cc1oc(CN)nc1-c1cccc(C(F)(F)F)c1. The molecule has 0 aliphatic heterocycles. The van der Waals surface area contributed by atoms with Crippen molar-refractivity contribution in [3.8, 4) is 11.3 Å². The summed E-state index contributed by atoms with van der Waals surface area (Å²) < 4.78 is 43.0. The van der Waals surface area contributed by atoms with Crippen molar-refractivity contribution < 1.29 is 17.6 Å². The molecule has 2 rings (SSSR count). The topological polar surface area (TPSA) is 52.0 Å². The molecule has 0 saturated carbocycles. The van der Waals surface area contributed by atoms with Gasteiger partial charge < -0.3 is 10.2 Å². The smallest absolute Gasteiger partial charge is 0.416 e. The molecule has 2 aromatic rings. The van der Waals surface area contributed by atoms with E-state index in [1.165, 1.54) is 6.07 Å². The Bertz CT molecular complexity index is 561. The monoisotopic (exact) mass is 256 g/mol. The highest BCUT2D eigenvalue weighted by molar-refractivity contribution is 5.62. The van der Waals surface area contributed by atoms with Gasteiger partial charge in [-0.2, -0.15) is 13.2 Å². The molecule has 0 aliphatic rings. The van der Waals surface area contributed by atoms with Crippen LogP contribution in [-0.4, -0.2) is 4.98 Å². The average Bonchev–Trinajstić information content (AvgIpc) is 2.70. The van der Waals surface area contributed by atoms with Crippen LogP contribution in [0.15, 0.2) is 28.7 Å². The molecule has 0 atom stereocenters. The Hall–Kier alpha value is -1.82. The van der Waals surface area contributed by atoms with Crippen LogP contribution in [0.3, 0.4) is 0 Å². The lowest BCUT2D eigenvalue weighted by molar-refractivity contribution is -0.137. The Balaban J connectivity index is 2.47. The highest BCUT2D eigenvalue weighted by Gasteiger charge is 2.30. The third-order valence-electron chi connectivity index (χ3n) is 2.48. The second kappa shape index (κ2) is 4.45.